The summed E-state index contributed by atoms with van der Waals surface area (Å²) in [5.74, 6) is -0.760. The Morgan fingerprint density at radius 1 is 0.976 bits per heavy atom. The lowest BCUT2D eigenvalue weighted by atomic mass is 9.98. The normalized spacial score (nSPS) is 11.8. The van der Waals surface area contributed by atoms with Crippen molar-refractivity contribution >= 4 is 43.4 Å². The number of aromatic nitrogens is 3. The molecule has 8 nitrogen and oxygen atoms in total. The summed E-state index contributed by atoms with van der Waals surface area (Å²) in [5.41, 5.74) is 3.69. The van der Waals surface area contributed by atoms with E-state index in [-0.39, 0.29) is 35.1 Å². The molecule has 0 fully saturated rings. The second-order valence-electron chi connectivity index (χ2n) is 9.86. The van der Waals surface area contributed by atoms with E-state index in [2.05, 4.69) is 15.0 Å². The number of furan rings is 1. The van der Waals surface area contributed by atoms with Gasteiger partial charge in [0.1, 0.15) is 29.3 Å². The molecule has 3 heterocycles. The molecule has 0 radical (unpaired) electrons. The molecule has 0 aliphatic carbocycles. The summed E-state index contributed by atoms with van der Waals surface area (Å²) in [6, 6.07) is 16.8. The smallest absolute Gasteiger partial charge is 0.232 e. The summed E-state index contributed by atoms with van der Waals surface area (Å²) in [6.07, 6.45) is 2.58. The van der Waals surface area contributed by atoms with Crippen molar-refractivity contribution in [2.45, 2.75) is 13.3 Å². The van der Waals surface area contributed by atoms with Crippen LogP contribution in [0, 0.1) is 11.6 Å². The number of carbonyl (C=O) groups excluding carboxylic acids is 1. The third-order valence-electron chi connectivity index (χ3n) is 7.18. The molecule has 6 aromatic rings. The Bertz CT molecular complexity index is 2120. The number of nitrogens with zero attached hydrogens (tertiary/aromatic N) is 3. The Labute approximate surface area is 239 Å². The molecule has 6 rings (SSSR count). The number of H-pyrrole nitrogens is 1. The molecule has 0 spiro atoms. The molecule has 42 heavy (non-hydrogen) atoms. The summed E-state index contributed by atoms with van der Waals surface area (Å²) in [7, 11) is -2.32. The number of nitrogens with one attached hydrogen (secondary N) is 1. The number of sulfonamides is 1. The van der Waals surface area contributed by atoms with Gasteiger partial charge in [-0.3, -0.25) is 9.10 Å². The minimum atomic E-state index is -3.73. The van der Waals surface area contributed by atoms with Gasteiger partial charge in [0.15, 0.2) is 5.78 Å². The Hall–Kier alpha value is -4.90. The van der Waals surface area contributed by atoms with Crippen LogP contribution < -0.4 is 4.31 Å². The lowest BCUT2D eigenvalue weighted by Crippen LogP contribution is -2.25. The van der Waals surface area contributed by atoms with Crippen LogP contribution in [0.25, 0.3) is 55.8 Å². The van der Waals surface area contributed by atoms with Gasteiger partial charge in [-0.05, 0) is 54.6 Å². The quantitative estimate of drug-likeness (QED) is 0.202. The highest BCUT2D eigenvalue weighted by molar-refractivity contribution is 7.92. The first-order chi connectivity index (χ1) is 20.0. The molecule has 11 heteroatoms. The fourth-order valence-corrected chi connectivity index (χ4v) is 5.45. The van der Waals surface area contributed by atoms with Gasteiger partial charge in [-0.2, -0.15) is 0 Å². The van der Waals surface area contributed by atoms with Crippen molar-refractivity contribution in [3.05, 3.63) is 90.3 Å². The average molecular weight is 587 g/mol. The molecule has 0 amide bonds. The van der Waals surface area contributed by atoms with Gasteiger partial charge >= 0.3 is 0 Å². The highest BCUT2D eigenvalue weighted by Crippen LogP contribution is 2.41. The molecule has 0 aliphatic heterocycles. The predicted molar refractivity (Wildman–Crippen MR) is 158 cm³/mol. The van der Waals surface area contributed by atoms with E-state index >= 15 is 0 Å². The van der Waals surface area contributed by atoms with E-state index in [1.54, 1.807) is 43.3 Å². The molecule has 212 valence electrons. The first kappa shape index (κ1) is 27.3. The number of carbonyl (C=O) groups is 1. The van der Waals surface area contributed by atoms with Gasteiger partial charge in [-0.25, -0.2) is 27.2 Å². The molecule has 0 aliphatic rings. The lowest BCUT2D eigenvalue weighted by Gasteiger charge is -2.20. The van der Waals surface area contributed by atoms with Crippen molar-refractivity contribution in [2.75, 3.05) is 17.6 Å². The summed E-state index contributed by atoms with van der Waals surface area (Å²) < 4.78 is 60.6. The fourth-order valence-electron chi connectivity index (χ4n) is 4.94. The van der Waals surface area contributed by atoms with Crippen molar-refractivity contribution in [1.82, 2.24) is 15.0 Å². The van der Waals surface area contributed by atoms with Crippen molar-refractivity contribution in [3.8, 4) is 34.0 Å². The summed E-state index contributed by atoms with van der Waals surface area (Å²) >= 11 is 0. The van der Waals surface area contributed by atoms with Gasteiger partial charge in [0, 0.05) is 47.0 Å². The van der Waals surface area contributed by atoms with Crippen molar-refractivity contribution in [3.63, 3.8) is 0 Å². The van der Waals surface area contributed by atoms with E-state index in [0.29, 0.717) is 50.1 Å². The van der Waals surface area contributed by atoms with Crippen LogP contribution in [-0.4, -0.2) is 42.5 Å². The summed E-state index contributed by atoms with van der Waals surface area (Å²) in [4.78, 5) is 25.2. The van der Waals surface area contributed by atoms with E-state index in [1.165, 1.54) is 43.7 Å². The number of hydrogen-bond donors (Lipinski definition) is 1. The minimum absolute atomic E-state index is 0.178. The number of Topliss-reactive ketones (excluding diaryl/α,β-unsaturated/α-hetero) is 1. The van der Waals surface area contributed by atoms with Gasteiger partial charge in [-0.1, -0.05) is 13.0 Å². The molecular formula is C31H24F2N4O4S. The number of ketones is 1. The molecule has 0 unspecified atom stereocenters. The molecule has 1 N–H and O–H groups in total. The van der Waals surface area contributed by atoms with Crippen molar-refractivity contribution in [1.29, 1.82) is 0 Å². The maximum atomic E-state index is 14.4. The Morgan fingerprint density at radius 2 is 1.71 bits per heavy atom. The van der Waals surface area contributed by atoms with Crippen LogP contribution in [0.1, 0.15) is 23.7 Å². The number of halogens is 2. The standard InChI is InChI=1S/C31H24F2N4O4S/c1-4-28(38)30-21-12-20(24-14-25(35-16-34-24)26-13-19-22(33)6-5-7-23(19)36-26)27(37(2)42(3,39)40)15-29(21)41-31(30)17-8-10-18(32)11-9-17/h5-16,36H,4H2,1-3H3. The van der Waals surface area contributed by atoms with Crippen LogP contribution in [0.5, 0.6) is 0 Å². The molecule has 3 aromatic carbocycles. The zero-order valence-corrected chi connectivity index (χ0v) is 23.6. The highest BCUT2D eigenvalue weighted by atomic mass is 32.2. The predicted octanol–water partition coefficient (Wildman–Crippen LogP) is 6.97. The number of aromatic amines is 1. The van der Waals surface area contributed by atoms with Crippen LogP contribution in [-0.2, 0) is 10.0 Å². The minimum Gasteiger partial charge on any atom is -0.455 e. The molecule has 0 bridgehead atoms. The van der Waals surface area contributed by atoms with Gasteiger partial charge in [-0.15, -0.1) is 0 Å². The monoisotopic (exact) mass is 586 g/mol. The summed E-state index contributed by atoms with van der Waals surface area (Å²) in [6.45, 7) is 1.72. The number of anilines is 1. The Balaban J connectivity index is 1.60. The van der Waals surface area contributed by atoms with E-state index < -0.39 is 15.8 Å². The SMILES string of the molecule is CCC(=O)c1c(-c2ccc(F)cc2)oc2cc(N(C)S(C)(=O)=O)c(-c3cc(-c4cc5c(F)cccc5[nH]4)ncn3)cc12. The maximum Gasteiger partial charge on any atom is 0.232 e. The third-order valence-corrected chi connectivity index (χ3v) is 8.37. The topological polar surface area (TPSA) is 109 Å². The van der Waals surface area contributed by atoms with E-state index in [1.807, 2.05) is 0 Å². The largest absolute Gasteiger partial charge is 0.455 e. The van der Waals surface area contributed by atoms with E-state index in [0.717, 1.165) is 10.6 Å². The lowest BCUT2D eigenvalue weighted by molar-refractivity contribution is 0.0989. The van der Waals surface area contributed by atoms with Crippen LogP contribution in [0.2, 0.25) is 0 Å². The first-order valence-electron chi connectivity index (χ1n) is 13.0. The molecule has 0 saturated heterocycles. The average Bonchev–Trinajstić information content (AvgIpc) is 3.58. The number of hydrogen-bond acceptors (Lipinski definition) is 6. The van der Waals surface area contributed by atoms with E-state index in [4.69, 9.17) is 4.42 Å². The van der Waals surface area contributed by atoms with Crippen LogP contribution in [0.15, 0.2) is 77.5 Å². The van der Waals surface area contributed by atoms with Gasteiger partial charge in [0.2, 0.25) is 10.0 Å². The van der Waals surface area contributed by atoms with Gasteiger partial charge < -0.3 is 9.40 Å². The Morgan fingerprint density at radius 3 is 2.40 bits per heavy atom. The number of rotatable bonds is 7. The second-order valence-corrected chi connectivity index (χ2v) is 11.9. The zero-order valence-electron chi connectivity index (χ0n) is 22.8. The molecule has 0 atom stereocenters. The molecule has 0 saturated carbocycles. The zero-order chi connectivity index (χ0) is 29.8. The fraction of sp³-hybridized carbons (Fsp3) is 0.129. The van der Waals surface area contributed by atoms with Crippen molar-refractivity contribution < 1.29 is 26.4 Å². The Kier molecular flexibility index (Phi) is 6.61. The van der Waals surface area contributed by atoms with Gasteiger partial charge in [0.25, 0.3) is 0 Å². The summed E-state index contributed by atoms with van der Waals surface area (Å²) in [5, 5.41) is 0.857. The third kappa shape index (κ3) is 4.71. The molecule has 3 aromatic heterocycles. The first-order valence-corrected chi connectivity index (χ1v) is 14.8. The second kappa shape index (κ2) is 10.2. The van der Waals surface area contributed by atoms with E-state index in [9.17, 15) is 22.0 Å². The number of fused-ring (bicyclic) bond motifs is 2. The van der Waals surface area contributed by atoms with Crippen molar-refractivity contribution in [2.24, 2.45) is 0 Å². The van der Waals surface area contributed by atoms with Crippen LogP contribution >= 0.6 is 0 Å². The number of benzene rings is 3. The highest BCUT2D eigenvalue weighted by Gasteiger charge is 2.26. The van der Waals surface area contributed by atoms with Crippen LogP contribution in [0.4, 0.5) is 14.5 Å². The maximum absolute atomic E-state index is 14.4. The van der Waals surface area contributed by atoms with Crippen LogP contribution in [0.3, 0.4) is 0 Å². The molecular weight excluding hydrogens is 562 g/mol. The van der Waals surface area contributed by atoms with Gasteiger partial charge in [0.05, 0.1) is 34.6 Å².